The fraction of sp³-hybridized carbons (Fsp3) is 0.318. The number of hydrogen-bond donors (Lipinski definition) is 2. The lowest BCUT2D eigenvalue weighted by atomic mass is 9.93. The molecule has 1 aliphatic rings. The molecule has 29 heavy (non-hydrogen) atoms. The van der Waals surface area contributed by atoms with Crippen molar-refractivity contribution in [3.8, 4) is 5.75 Å². The molecule has 1 aliphatic heterocycles. The average Bonchev–Trinajstić information content (AvgIpc) is 2.68. The summed E-state index contributed by atoms with van der Waals surface area (Å²) in [6.45, 7) is 4.64. The van der Waals surface area contributed by atoms with Crippen molar-refractivity contribution >= 4 is 11.9 Å². The van der Waals surface area contributed by atoms with Gasteiger partial charge in [-0.25, -0.2) is 0 Å². The van der Waals surface area contributed by atoms with Crippen molar-refractivity contribution < 1.29 is 22.7 Å². The van der Waals surface area contributed by atoms with Gasteiger partial charge in [0.15, 0.2) is 6.29 Å². The summed E-state index contributed by atoms with van der Waals surface area (Å²) in [4.78, 5) is 11.6. The summed E-state index contributed by atoms with van der Waals surface area (Å²) >= 11 is 0. The first-order chi connectivity index (χ1) is 13.9. The van der Waals surface area contributed by atoms with E-state index >= 15 is 0 Å². The van der Waals surface area contributed by atoms with Crippen LogP contribution in [-0.4, -0.2) is 25.7 Å². The maximum atomic E-state index is 12.2. The summed E-state index contributed by atoms with van der Waals surface area (Å²) < 4.78 is 40.6. The molecule has 0 spiro atoms. The fourth-order valence-corrected chi connectivity index (χ4v) is 3.41. The molecule has 0 radical (unpaired) electrons. The van der Waals surface area contributed by atoms with Crippen molar-refractivity contribution in [2.75, 3.05) is 13.1 Å². The summed E-state index contributed by atoms with van der Waals surface area (Å²) in [6.07, 6.45) is -0.715. The smallest absolute Gasteiger partial charge is 0.406 e. The monoisotopic (exact) mass is 404 g/mol. The lowest BCUT2D eigenvalue weighted by Gasteiger charge is -2.18. The van der Waals surface area contributed by atoms with Gasteiger partial charge in [-0.1, -0.05) is 24.3 Å². The molecule has 0 unspecified atom stereocenters. The number of hydrogen-bond acceptors (Lipinski definition) is 4. The molecule has 2 aromatic rings. The Labute approximate surface area is 167 Å². The Balaban J connectivity index is 1.67. The van der Waals surface area contributed by atoms with Gasteiger partial charge in [0.05, 0.1) is 0 Å². The minimum atomic E-state index is -4.70. The highest BCUT2D eigenvalue weighted by molar-refractivity contribution is 5.82. The van der Waals surface area contributed by atoms with Gasteiger partial charge in [0.1, 0.15) is 5.75 Å². The van der Waals surface area contributed by atoms with Crippen molar-refractivity contribution in [1.29, 1.82) is 0 Å². The van der Waals surface area contributed by atoms with E-state index in [1.54, 1.807) is 12.1 Å². The van der Waals surface area contributed by atoms with Crippen LogP contribution in [0.3, 0.4) is 0 Å². The van der Waals surface area contributed by atoms with Gasteiger partial charge < -0.3 is 15.4 Å². The van der Waals surface area contributed by atoms with Gasteiger partial charge in [-0.3, -0.25) is 4.79 Å². The van der Waals surface area contributed by atoms with Crippen molar-refractivity contribution in [3.05, 3.63) is 70.3 Å². The van der Waals surface area contributed by atoms with E-state index in [0.717, 1.165) is 48.1 Å². The molecule has 2 aromatic carbocycles. The summed E-state index contributed by atoms with van der Waals surface area (Å²) in [5.41, 5.74) is 5.73. The molecule has 0 aromatic heterocycles. The van der Waals surface area contributed by atoms with Gasteiger partial charge >= 0.3 is 6.36 Å². The molecule has 4 nitrogen and oxygen atoms in total. The Bertz CT molecular complexity index is 890. The number of carbonyl (C=O) groups excluding carboxylic acids is 1. The van der Waals surface area contributed by atoms with E-state index in [-0.39, 0.29) is 5.75 Å². The largest absolute Gasteiger partial charge is 0.573 e. The third-order valence-corrected chi connectivity index (χ3v) is 4.83. The van der Waals surface area contributed by atoms with Gasteiger partial charge in [-0.05, 0) is 65.9 Å². The number of nitrogens with one attached hydrogen (secondary N) is 2. The van der Waals surface area contributed by atoms with Gasteiger partial charge in [-0.15, -0.1) is 13.2 Å². The van der Waals surface area contributed by atoms with Crippen LogP contribution in [0.2, 0.25) is 0 Å². The van der Waals surface area contributed by atoms with Crippen molar-refractivity contribution in [3.63, 3.8) is 0 Å². The Hall–Kier alpha value is -2.64. The van der Waals surface area contributed by atoms with Crippen LogP contribution in [0, 0.1) is 6.92 Å². The number of alkyl halides is 3. The van der Waals surface area contributed by atoms with E-state index in [1.165, 1.54) is 17.7 Å². The molecule has 2 N–H and O–H groups in total. The topological polar surface area (TPSA) is 50.4 Å². The predicted octanol–water partition coefficient (Wildman–Crippen LogP) is 4.37. The van der Waals surface area contributed by atoms with Crippen LogP contribution < -0.4 is 15.4 Å². The molecule has 0 amide bonds. The molecule has 0 aliphatic carbocycles. The first-order valence-corrected chi connectivity index (χ1v) is 9.40. The van der Waals surface area contributed by atoms with Crippen LogP contribution in [0.1, 0.15) is 39.0 Å². The van der Waals surface area contributed by atoms with Crippen molar-refractivity contribution in [2.24, 2.45) is 0 Å². The van der Waals surface area contributed by atoms with Crippen molar-refractivity contribution in [1.82, 2.24) is 10.6 Å². The number of benzene rings is 2. The SMILES string of the molecule is Cc1cc(C2=CCNCC2)cc(CNCc2ccc(OC(F)(F)F)cc2)c1C=O. The van der Waals surface area contributed by atoms with Gasteiger partial charge in [-0.2, -0.15) is 0 Å². The third-order valence-electron chi connectivity index (χ3n) is 4.83. The quantitative estimate of drug-likeness (QED) is 0.673. The van der Waals surface area contributed by atoms with Crippen LogP contribution in [-0.2, 0) is 13.1 Å². The average molecular weight is 404 g/mol. The Kier molecular flexibility index (Phi) is 6.71. The molecule has 0 bridgehead atoms. The minimum Gasteiger partial charge on any atom is -0.406 e. The van der Waals surface area contributed by atoms with E-state index in [2.05, 4.69) is 21.4 Å². The van der Waals surface area contributed by atoms with E-state index in [1.807, 2.05) is 19.1 Å². The summed E-state index contributed by atoms with van der Waals surface area (Å²) in [5, 5.41) is 6.55. The molecule has 0 saturated heterocycles. The Morgan fingerprint density at radius 3 is 2.55 bits per heavy atom. The molecule has 0 atom stereocenters. The molecular weight excluding hydrogens is 381 g/mol. The molecule has 154 valence electrons. The third kappa shape index (κ3) is 5.92. The second kappa shape index (κ2) is 9.24. The number of ether oxygens (including phenoxy) is 1. The number of halogens is 3. The first-order valence-electron chi connectivity index (χ1n) is 9.40. The molecule has 7 heteroatoms. The number of rotatable bonds is 7. The number of carbonyl (C=O) groups is 1. The van der Waals surface area contributed by atoms with Gasteiger partial charge in [0, 0.05) is 25.2 Å². The van der Waals surface area contributed by atoms with E-state index < -0.39 is 6.36 Å². The van der Waals surface area contributed by atoms with Crippen LogP contribution >= 0.6 is 0 Å². The fourth-order valence-electron chi connectivity index (χ4n) is 3.41. The zero-order valence-electron chi connectivity index (χ0n) is 16.1. The second-order valence-electron chi connectivity index (χ2n) is 6.96. The molecule has 1 heterocycles. The van der Waals surface area contributed by atoms with Crippen molar-refractivity contribution in [2.45, 2.75) is 32.8 Å². The Morgan fingerprint density at radius 1 is 1.17 bits per heavy atom. The Morgan fingerprint density at radius 2 is 1.93 bits per heavy atom. The lowest BCUT2D eigenvalue weighted by Crippen LogP contribution is -2.20. The predicted molar refractivity (Wildman–Crippen MR) is 106 cm³/mol. The molecule has 0 fully saturated rings. The maximum absolute atomic E-state index is 12.2. The summed E-state index contributed by atoms with van der Waals surface area (Å²) in [5.74, 6) is -0.247. The van der Waals surface area contributed by atoms with E-state index in [9.17, 15) is 18.0 Å². The number of aldehydes is 1. The highest BCUT2D eigenvalue weighted by Crippen LogP contribution is 2.25. The van der Waals surface area contributed by atoms with Crippen LogP contribution in [0.25, 0.3) is 5.57 Å². The summed E-state index contributed by atoms with van der Waals surface area (Å²) in [7, 11) is 0. The van der Waals surface area contributed by atoms with Crippen LogP contribution in [0.4, 0.5) is 13.2 Å². The van der Waals surface area contributed by atoms with E-state index in [0.29, 0.717) is 18.7 Å². The lowest BCUT2D eigenvalue weighted by molar-refractivity contribution is -0.274. The van der Waals surface area contributed by atoms with Gasteiger partial charge in [0.2, 0.25) is 0 Å². The first kappa shape index (κ1) is 21.1. The number of aryl methyl sites for hydroxylation is 1. The molecular formula is C22H23F3N2O2. The zero-order chi connectivity index (χ0) is 20.9. The highest BCUT2D eigenvalue weighted by Gasteiger charge is 2.30. The minimum absolute atomic E-state index is 0.247. The standard InChI is InChI=1S/C22H23F3N2O2/c1-15-10-18(17-6-8-26-9-7-17)11-19(21(15)14-28)13-27-12-16-2-4-20(5-3-16)29-22(23,24)25/h2-6,10-11,14,26-27H,7-9,12-13H2,1H3. The van der Waals surface area contributed by atoms with Crippen LogP contribution in [0.15, 0.2) is 42.5 Å². The van der Waals surface area contributed by atoms with Crippen LogP contribution in [0.5, 0.6) is 5.75 Å². The van der Waals surface area contributed by atoms with Gasteiger partial charge in [0.25, 0.3) is 0 Å². The molecule has 3 rings (SSSR count). The zero-order valence-corrected chi connectivity index (χ0v) is 16.1. The molecule has 0 saturated carbocycles. The second-order valence-corrected chi connectivity index (χ2v) is 6.96. The van der Waals surface area contributed by atoms with E-state index in [4.69, 9.17) is 0 Å². The highest BCUT2D eigenvalue weighted by atomic mass is 19.4. The summed E-state index contributed by atoms with van der Waals surface area (Å²) in [6, 6.07) is 9.82. The maximum Gasteiger partial charge on any atom is 0.573 e. The normalized spacial score (nSPS) is 14.4.